The van der Waals surface area contributed by atoms with Crippen LogP contribution in [0.15, 0.2) is 169 Å². The molecule has 3 atom stereocenters. The summed E-state index contributed by atoms with van der Waals surface area (Å²) in [6.45, 7) is 1.54. The Morgan fingerprint density at radius 1 is 0.671 bits per heavy atom. The molecule has 0 saturated carbocycles. The summed E-state index contributed by atoms with van der Waals surface area (Å²) in [4.78, 5) is 69.2. The predicted molar refractivity (Wildman–Crippen MR) is 272 cm³/mol. The van der Waals surface area contributed by atoms with Crippen LogP contribution in [0.3, 0.4) is 0 Å². The summed E-state index contributed by atoms with van der Waals surface area (Å²) in [6.07, 6.45) is -0.733. The van der Waals surface area contributed by atoms with E-state index in [-0.39, 0.29) is 62.4 Å². The molecule has 1 amide bonds. The number of carbonyl (C=O) groups is 4. The number of methoxy groups -OCH3 is 2. The second-order valence-corrected chi connectivity index (χ2v) is 18.0. The van der Waals surface area contributed by atoms with Crippen LogP contribution in [0.4, 0.5) is 5.82 Å². The molecule has 1 saturated heterocycles. The molecule has 1 aliphatic carbocycles. The fraction of sp³-hybridized carbons (Fsp3) is 0.254. The molecule has 2 aliphatic rings. The Bertz CT molecular complexity index is 3050. The van der Waals surface area contributed by atoms with Crippen molar-refractivity contribution in [1.82, 2.24) is 9.55 Å². The van der Waals surface area contributed by atoms with Gasteiger partial charge < -0.3 is 38.5 Å². The van der Waals surface area contributed by atoms with Gasteiger partial charge in [-0.15, -0.1) is 0 Å². The summed E-state index contributed by atoms with van der Waals surface area (Å²) in [5.74, 6) is -0.255. The van der Waals surface area contributed by atoms with E-state index >= 15 is 0 Å². The van der Waals surface area contributed by atoms with E-state index in [9.17, 15) is 24.0 Å². The number of aromatic nitrogens is 2. The highest BCUT2D eigenvalue weighted by Crippen LogP contribution is 2.45. The molecule has 1 fully saturated rings. The largest absolute Gasteiger partial charge is 0.497 e. The smallest absolute Gasteiger partial charge is 0.351 e. The second-order valence-electron chi connectivity index (χ2n) is 18.0. The van der Waals surface area contributed by atoms with Crippen molar-refractivity contribution in [2.24, 2.45) is 0 Å². The number of anilines is 1. The maximum atomic E-state index is 13.7. The Hall–Kier alpha value is -8.20. The molecule has 0 radical (unpaired) electrons. The molecule has 0 bridgehead atoms. The SMILES string of the molecule is COc1ccc(C(OC[C@H]2O[C@@H](n3ccc(NC(=O)c4ccc(CCC(=O)OCC5c6ccccc6-c6ccccc65)cc4)nc3=O)CC2OC(=O)CCC(C)=O)(c2ccccc2)c2ccc(OC)cc2)cc1. The summed E-state index contributed by atoms with van der Waals surface area (Å²) in [7, 11) is 3.19. The minimum atomic E-state index is -1.23. The first kappa shape index (κ1) is 49.8. The zero-order chi connectivity index (χ0) is 50.9. The minimum absolute atomic E-state index is 0.00736. The van der Waals surface area contributed by atoms with Crippen LogP contribution < -0.4 is 20.5 Å². The number of esters is 2. The Balaban J connectivity index is 0.868. The molecule has 7 aromatic rings. The quantitative estimate of drug-likeness (QED) is 0.0568. The van der Waals surface area contributed by atoms with Crippen molar-refractivity contribution in [2.75, 3.05) is 32.8 Å². The van der Waals surface area contributed by atoms with Crippen molar-refractivity contribution >= 4 is 29.4 Å². The molecule has 372 valence electrons. The van der Waals surface area contributed by atoms with Gasteiger partial charge in [-0.25, -0.2) is 4.79 Å². The van der Waals surface area contributed by atoms with Crippen molar-refractivity contribution < 1.29 is 47.6 Å². The maximum Gasteiger partial charge on any atom is 0.351 e. The molecule has 14 heteroatoms. The van der Waals surface area contributed by atoms with E-state index in [2.05, 4.69) is 34.6 Å². The zero-order valence-corrected chi connectivity index (χ0v) is 40.7. The fourth-order valence-corrected chi connectivity index (χ4v) is 9.58. The van der Waals surface area contributed by atoms with Crippen LogP contribution in [0.2, 0.25) is 0 Å². The average Bonchev–Trinajstić information content (AvgIpc) is 3.97. The van der Waals surface area contributed by atoms with Crippen LogP contribution in [0.1, 0.15) is 88.5 Å². The molecular weight excluding hydrogens is 927 g/mol. The van der Waals surface area contributed by atoms with E-state index in [1.165, 1.54) is 23.8 Å². The van der Waals surface area contributed by atoms with E-state index in [1.54, 1.807) is 38.5 Å². The molecule has 14 nitrogen and oxygen atoms in total. The van der Waals surface area contributed by atoms with Gasteiger partial charge in [-0.05, 0) is 100 Å². The zero-order valence-electron chi connectivity index (χ0n) is 40.7. The highest BCUT2D eigenvalue weighted by Gasteiger charge is 2.44. The molecule has 1 unspecified atom stereocenters. The molecule has 1 aromatic heterocycles. The van der Waals surface area contributed by atoms with Gasteiger partial charge >= 0.3 is 17.6 Å². The number of hydrogen-bond acceptors (Lipinski definition) is 12. The Morgan fingerprint density at radius 2 is 1.26 bits per heavy atom. The van der Waals surface area contributed by atoms with Crippen molar-refractivity contribution in [3.05, 3.63) is 213 Å². The van der Waals surface area contributed by atoms with Crippen LogP contribution in [0, 0.1) is 0 Å². The number of ether oxygens (including phenoxy) is 6. The van der Waals surface area contributed by atoms with E-state index in [0.717, 1.165) is 44.5 Å². The van der Waals surface area contributed by atoms with E-state index < -0.39 is 41.6 Å². The van der Waals surface area contributed by atoms with Crippen LogP contribution in [-0.2, 0) is 45.4 Å². The molecule has 9 rings (SSSR count). The van der Waals surface area contributed by atoms with Gasteiger partial charge in [0.2, 0.25) is 0 Å². The number of amides is 1. The number of nitrogens with one attached hydrogen (secondary N) is 1. The highest BCUT2D eigenvalue weighted by molar-refractivity contribution is 6.03. The predicted octanol–water partition coefficient (Wildman–Crippen LogP) is 9.38. The highest BCUT2D eigenvalue weighted by atomic mass is 16.6. The van der Waals surface area contributed by atoms with Crippen molar-refractivity contribution in [3.63, 3.8) is 0 Å². The number of benzene rings is 6. The monoisotopic (exact) mass is 981 g/mol. The first-order valence-corrected chi connectivity index (χ1v) is 24.2. The summed E-state index contributed by atoms with van der Waals surface area (Å²) < 4.78 is 37.7. The van der Waals surface area contributed by atoms with Crippen molar-refractivity contribution in [2.45, 2.75) is 69.0 Å². The van der Waals surface area contributed by atoms with Crippen molar-refractivity contribution in [3.8, 4) is 22.6 Å². The van der Waals surface area contributed by atoms with Gasteiger partial charge in [0.05, 0.1) is 27.2 Å². The van der Waals surface area contributed by atoms with E-state index in [0.29, 0.717) is 23.5 Å². The van der Waals surface area contributed by atoms with Crippen LogP contribution in [0.5, 0.6) is 11.5 Å². The first-order valence-electron chi connectivity index (χ1n) is 24.2. The lowest BCUT2D eigenvalue weighted by Gasteiger charge is -2.37. The molecule has 1 aliphatic heterocycles. The lowest BCUT2D eigenvalue weighted by Crippen LogP contribution is -2.39. The number of aryl methyl sites for hydroxylation is 1. The normalized spacial score (nSPS) is 16.0. The maximum absolute atomic E-state index is 13.7. The number of hydrogen-bond donors (Lipinski definition) is 1. The Labute approximate surface area is 422 Å². The third kappa shape index (κ3) is 11.2. The summed E-state index contributed by atoms with van der Waals surface area (Å²) >= 11 is 0. The summed E-state index contributed by atoms with van der Waals surface area (Å²) in [5.41, 5.74) is 6.20. The minimum Gasteiger partial charge on any atom is -0.497 e. The number of Topliss-reactive ketones (excluding diaryl/α,β-unsaturated/α-hetero) is 1. The van der Waals surface area contributed by atoms with Crippen molar-refractivity contribution in [1.29, 1.82) is 0 Å². The van der Waals surface area contributed by atoms with Gasteiger partial charge in [0.1, 0.15) is 53.7 Å². The van der Waals surface area contributed by atoms with Crippen LogP contribution >= 0.6 is 0 Å². The third-order valence-electron chi connectivity index (χ3n) is 13.4. The van der Waals surface area contributed by atoms with Gasteiger partial charge in [0.15, 0.2) is 0 Å². The summed E-state index contributed by atoms with van der Waals surface area (Å²) in [5, 5.41) is 2.70. The van der Waals surface area contributed by atoms with Gasteiger partial charge in [-0.3, -0.25) is 19.0 Å². The van der Waals surface area contributed by atoms with Crippen LogP contribution in [-0.4, -0.2) is 72.8 Å². The van der Waals surface area contributed by atoms with Gasteiger partial charge in [0.25, 0.3) is 5.91 Å². The lowest BCUT2D eigenvalue weighted by atomic mass is 9.80. The number of ketones is 1. The molecule has 1 N–H and O–H groups in total. The van der Waals surface area contributed by atoms with Gasteiger partial charge in [0, 0.05) is 36.9 Å². The third-order valence-corrected chi connectivity index (χ3v) is 13.4. The molecule has 0 spiro atoms. The van der Waals surface area contributed by atoms with Crippen LogP contribution in [0.25, 0.3) is 11.1 Å². The molecule has 73 heavy (non-hydrogen) atoms. The van der Waals surface area contributed by atoms with Gasteiger partial charge in [-0.1, -0.05) is 115 Å². The number of fused-ring (bicyclic) bond motifs is 3. The Morgan fingerprint density at radius 3 is 1.85 bits per heavy atom. The number of rotatable bonds is 20. The number of carbonyl (C=O) groups excluding carboxylic acids is 4. The lowest BCUT2D eigenvalue weighted by molar-refractivity contribution is -0.156. The van der Waals surface area contributed by atoms with E-state index in [4.69, 9.17) is 28.4 Å². The molecule has 2 heterocycles. The Kier molecular flexibility index (Phi) is 15.3. The standard InChI is InChI=1S/C59H55N3O11/c1-38(63)17-31-56(65)73-51-35-54(72-52(51)37-71-59(41-11-5-4-6-12-41,42-23-27-44(68-2)28-24-42)43-25-29-45(69-3)30-26-43)62-34-33-53(61-58(62)67)60-57(66)40-21-18-39(19-22-40)20-32-55(64)70-36-50-48-15-9-7-13-46(48)47-14-8-10-16-49(47)50/h4-16,18-19,21-30,33-34,50-52,54H,17,20,31-32,35-37H2,1-3H3,(H,60,61,66,67)/t51?,52-,54-/m1/s1. The average molecular weight is 982 g/mol. The number of nitrogens with zero attached hydrogens (tertiary/aromatic N) is 2. The topological polar surface area (TPSA) is 171 Å². The molecule has 6 aromatic carbocycles. The van der Waals surface area contributed by atoms with Gasteiger partial charge in [-0.2, -0.15) is 4.98 Å². The first-order chi connectivity index (χ1) is 35.5. The second kappa shape index (κ2) is 22.5. The van der Waals surface area contributed by atoms with E-state index in [1.807, 2.05) is 103 Å². The molecular formula is C59H55N3O11. The fourth-order valence-electron chi connectivity index (χ4n) is 9.58. The summed E-state index contributed by atoms with van der Waals surface area (Å²) in [6, 6.07) is 49.5.